The van der Waals surface area contributed by atoms with Crippen molar-refractivity contribution in [3.05, 3.63) is 27.9 Å². The molecular formula is C15H22N4O3. The quantitative estimate of drug-likeness (QED) is 0.615. The van der Waals surface area contributed by atoms with Crippen LogP contribution in [-0.2, 0) is 4.79 Å². The van der Waals surface area contributed by atoms with Crippen LogP contribution in [0.5, 0.6) is 0 Å². The Hall–Kier alpha value is -2.18. The van der Waals surface area contributed by atoms with Crippen LogP contribution in [0, 0.1) is 17.0 Å². The average Bonchev–Trinajstić information content (AvgIpc) is 2.97. The Morgan fingerprint density at radius 3 is 2.73 bits per heavy atom. The third-order valence-corrected chi connectivity index (χ3v) is 4.17. The highest BCUT2D eigenvalue weighted by atomic mass is 16.6. The molecule has 0 N–H and O–H groups in total. The molecule has 1 aromatic rings. The summed E-state index contributed by atoms with van der Waals surface area (Å²) in [6, 6.07) is 1.49. The fourth-order valence-electron chi connectivity index (χ4n) is 2.93. The number of anilines is 1. The van der Waals surface area contributed by atoms with Gasteiger partial charge in [-0.25, -0.2) is 4.98 Å². The molecule has 1 unspecified atom stereocenters. The third kappa shape index (κ3) is 3.03. The fraction of sp³-hybridized carbons (Fsp3) is 0.600. The number of hydrogen-bond donors (Lipinski definition) is 0. The number of carbonyl (C=O) groups excluding carboxylic acids is 1. The van der Waals surface area contributed by atoms with Crippen molar-refractivity contribution in [1.82, 2.24) is 9.88 Å². The first kappa shape index (κ1) is 16.2. The van der Waals surface area contributed by atoms with Crippen LogP contribution in [0.25, 0.3) is 0 Å². The smallest absolute Gasteiger partial charge is 0.290 e. The van der Waals surface area contributed by atoms with Crippen LogP contribution in [0.15, 0.2) is 12.3 Å². The van der Waals surface area contributed by atoms with Crippen molar-refractivity contribution < 1.29 is 9.72 Å². The molecule has 2 heterocycles. The number of nitrogens with zero attached hydrogens (tertiary/aromatic N) is 4. The Labute approximate surface area is 130 Å². The first-order chi connectivity index (χ1) is 10.5. The largest absolute Gasteiger partial charge is 0.345 e. The molecule has 1 atom stereocenters. The number of rotatable bonds is 5. The molecule has 1 fully saturated rings. The van der Waals surface area contributed by atoms with Crippen molar-refractivity contribution in [3.63, 3.8) is 0 Å². The van der Waals surface area contributed by atoms with Gasteiger partial charge in [0.15, 0.2) is 0 Å². The number of nitro groups is 1. The molecule has 1 aliphatic rings. The first-order valence-corrected chi connectivity index (χ1v) is 7.66. The Balaban J connectivity index is 2.25. The van der Waals surface area contributed by atoms with E-state index in [2.05, 4.69) is 4.98 Å². The van der Waals surface area contributed by atoms with Gasteiger partial charge < -0.3 is 9.80 Å². The molecule has 1 amide bonds. The van der Waals surface area contributed by atoms with Gasteiger partial charge in [-0.3, -0.25) is 14.9 Å². The Kier molecular flexibility index (Phi) is 4.95. The summed E-state index contributed by atoms with van der Waals surface area (Å²) in [6.45, 7) is 7.76. The summed E-state index contributed by atoms with van der Waals surface area (Å²) in [5.41, 5.74) is 0.575. The van der Waals surface area contributed by atoms with E-state index in [1.807, 2.05) is 23.6 Å². The van der Waals surface area contributed by atoms with Gasteiger partial charge in [0.05, 0.1) is 4.92 Å². The molecule has 22 heavy (non-hydrogen) atoms. The van der Waals surface area contributed by atoms with Crippen molar-refractivity contribution in [1.29, 1.82) is 0 Å². The normalized spacial score (nSPS) is 17.6. The number of pyridine rings is 1. The average molecular weight is 306 g/mol. The number of amides is 1. The Morgan fingerprint density at radius 1 is 1.50 bits per heavy atom. The van der Waals surface area contributed by atoms with Crippen LogP contribution in [-0.4, -0.2) is 46.4 Å². The number of likely N-dealkylation sites (N-methyl/N-ethyl adjacent to an activating group) is 1. The second-order valence-electron chi connectivity index (χ2n) is 5.45. The summed E-state index contributed by atoms with van der Waals surface area (Å²) in [4.78, 5) is 31.0. The molecule has 2 rings (SSSR count). The van der Waals surface area contributed by atoms with Crippen molar-refractivity contribution in [2.45, 2.75) is 39.7 Å². The highest BCUT2D eigenvalue weighted by Crippen LogP contribution is 2.28. The van der Waals surface area contributed by atoms with E-state index in [0.29, 0.717) is 24.5 Å². The van der Waals surface area contributed by atoms with Gasteiger partial charge in [-0.1, -0.05) is 0 Å². The summed E-state index contributed by atoms with van der Waals surface area (Å²) in [5, 5.41) is 10.9. The molecule has 120 valence electrons. The molecule has 0 saturated carbocycles. The highest BCUT2D eigenvalue weighted by molar-refractivity contribution is 5.85. The van der Waals surface area contributed by atoms with Gasteiger partial charge in [-0.05, 0) is 39.7 Å². The standard InChI is InChI=1S/C15H22N4O3/c1-4-17(5-2)15(20)12-7-6-8-18(12)14-9-11(3)13(10-16-14)19(21)22/h9-10,12H,4-8H2,1-3H3. The van der Waals surface area contributed by atoms with E-state index in [-0.39, 0.29) is 17.6 Å². The minimum atomic E-state index is -0.436. The maximum absolute atomic E-state index is 12.6. The lowest BCUT2D eigenvalue weighted by molar-refractivity contribution is -0.385. The maximum atomic E-state index is 12.6. The molecule has 0 aromatic carbocycles. The summed E-state index contributed by atoms with van der Waals surface area (Å²) >= 11 is 0. The molecule has 1 saturated heterocycles. The zero-order chi connectivity index (χ0) is 16.3. The predicted octanol–water partition coefficient (Wildman–Crippen LogP) is 2.14. The number of carbonyl (C=O) groups is 1. The molecule has 1 aliphatic heterocycles. The zero-order valence-electron chi connectivity index (χ0n) is 13.3. The second kappa shape index (κ2) is 6.72. The van der Waals surface area contributed by atoms with Crippen LogP contribution >= 0.6 is 0 Å². The van der Waals surface area contributed by atoms with Crippen molar-refractivity contribution in [2.24, 2.45) is 0 Å². The predicted molar refractivity (Wildman–Crippen MR) is 83.9 cm³/mol. The molecule has 7 nitrogen and oxygen atoms in total. The first-order valence-electron chi connectivity index (χ1n) is 7.66. The molecule has 0 radical (unpaired) electrons. The van der Waals surface area contributed by atoms with Crippen LogP contribution in [0.2, 0.25) is 0 Å². The van der Waals surface area contributed by atoms with Gasteiger partial charge in [0.1, 0.15) is 18.1 Å². The zero-order valence-corrected chi connectivity index (χ0v) is 13.3. The lowest BCUT2D eigenvalue weighted by Gasteiger charge is -2.29. The SMILES string of the molecule is CCN(CC)C(=O)C1CCCN1c1cc(C)c([N+](=O)[O-])cn1. The summed E-state index contributed by atoms with van der Waals surface area (Å²) in [6.07, 6.45) is 3.00. The van der Waals surface area contributed by atoms with E-state index in [9.17, 15) is 14.9 Å². The van der Waals surface area contributed by atoms with Crippen LogP contribution < -0.4 is 4.90 Å². The van der Waals surface area contributed by atoms with Gasteiger partial charge >= 0.3 is 0 Å². The highest BCUT2D eigenvalue weighted by Gasteiger charge is 2.34. The van der Waals surface area contributed by atoms with Crippen LogP contribution in [0.1, 0.15) is 32.3 Å². The van der Waals surface area contributed by atoms with E-state index in [1.165, 1.54) is 6.20 Å². The monoisotopic (exact) mass is 306 g/mol. The Bertz CT molecular complexity index is 572. The number of aryl methyl sites for hydroxylation is 1. The second-order valence-corrected chi connectivity index (χ2v) is 5.45. The van der Waals surface area contributed by atoms with E-state index in [1.54, 1.807) is 13.0 Å². The lowest BCUT2D eigenvalue weighted by atomic mass is 10.1. The van der Waals surface area contributed by atoms with E-state index >= 15 is 0 Å². The Morgan fingerprint density at radius 2 is 2.18 bits per heavy atom. The fourth-order valence-corrected chi connectivity index (χ4v) is 2.93. The van der Waals surface area contributed by atoms with Crippen molar-refractivity contribution >= 4 is 17.4 Å². The van der Waals surface area contributed by atoms with E-state index in [4.69, 9.17) is 0 Å². The molecule has 0 bridgehead atoms. The van der Waals surface area contributed by atoms with Crippen LogP contribution in [0.3, 0.4) is 0 Å². The van der Waals surface area contributed by atoms with E-state index in [0.717, 1.165) is 19.4 Å². The molecular weight excluding hydrogens is 284 g/mol. The van der Waals surface area contributed by atoms with Gasteiger partial charge in [-0.15, -0.1) is 0 Å². The van der Waals surface area contributed by atoms with Gasteiger partial charge in [0.2, 0.25) is 5.91 Å². The van der Waals surface area contributed by atoms with Crippen molar-refractivity contribution in [2.75, 3.05) is 24.5 Å². The molecule has 1 aromatic heterocycles. The van der Waals surface area contributed by atoms with Crippen molar-refractivity contribution in [3.8, 4) is 0 Å². The maximum Gasteiger partial charge on any atom is 0.290 e. The minimum absolute atomic E-state index is 0.00886. The molecule has 0 spiro atoms. The number of aromatic nitrogens is 1. The van der Waals surface area contributed by atoms with Gasteiger partial charge in [0, 0.05) is 25.2 Å². The number of hydrogen-bond acceptors (Lipinski definition) is 5. The molecule has 7 heteroatoms. The molecule has 0 aliphatic carbocycles. The van der Waals surface area contributed by atoms with Gasteiger partial charge in [-0.2, -0.15) is 0 Å². The topological polar surface area (TPSA) is 79.6 Å². The minimum Gasteiger partial charge on any atom is -0.345 e. The van der Waals surface area contributed by atoms with Gasteiger partial charge in [0.25, 0.3) is 5.69 Å². The summed E-state index contributed by atoms with van der Waals surface area (Å²) in [5.74, 6) is 0.756. The summed E-state index contributed by atoms with van der Waals surface area (Å²) in [7, 11) is 0. The third-order valence-electron chi connectivity index (χ3n) is 4.17. The van der Waals surface area contributed by atoms with Crippen LogP contribution in [0.4, 0.5) is 11.5 Å². The van der Waals surface area contributed by atoms with E-state index < -0.39 is 4.92 Å². The summed E-state index contributed by atoms with van der Waals surface area (Å²) < 4.78 is 0. The lowest BCUT2D eigenvalue weighted by Crippen LogP contribution is -2.46.